The molecule has 0 spiro atoms. The number of benzene rings is 1. The van der Waals surface area contributed by atoms with Crippen LogP contribution in [0, 0.1) is 0 Å². The zero-order valence-electron chi connectivity index (χ0n) is 15.6. The maximum Gasteiger partial charge on any atom is 0.586 e. The molecular formula is C18H18F2N4O4S. The highest BCUT2D eigenvalue weighted by atomic mass is 32.2. The minimum atomic E-state index is -3.71. The van der Waals surface area contributed by atoms with E-state index in [1.54, 1.807) is 37.3 Å². The number of guanidine groups is 1. The Bertz CT molecular complexity index is 1120. The Morgan fingerprint density at radius 1 is 1.21 bits per heavy atom. The number of halogens is 2. The third-order valence-electron chi connectivity index (χ3n) is 4.80. The molecule has 11 heteroatoms. The van der Waals surface area contributed by atoms with Gasteiger partial charge in [-0.25, -0.2) is 17.7 Å². The third-order valence-corrected chi connectivity index (χ3v) is 6.75. The number of aliphatic imine (C=N–C) groups is 1. The van der Waals surface area contributed by atoms with Crippen LogP contribution in [0.2, 0.25) is 0 Å². The van der Waals surface area contributed by atoms with E-state index in [0.29, 0.717) is 17.0 Å². The van der Waals surface area contributed by atoms with E-state index in [0.717, 1.165) is 4.31 Å². The molecule has 0 fully saturated rings. The van der Waals surface area contributed by atoms with Gasteiger partial charge in [-0.15, -0.1) is 8.78 Å². The number of sulfonamides is 1. The first-order valence-corrected chi connectivity index (χ1v) is 10.3. The van der Waals surface area contributed by atoms with Gasteiger partial charge in [0.2, 0.25) is 16.0 Å². The van der Waals surface area contributed by atoms with Crippen molar-refractivity contribution in [1.29, 1.82) is 0 Å². The first-order valence-electron chi connectivity index (χ1n) is 8.65. The largest absolute Gasteiger partial charge is 0.586 e. The summed E-state index contributed by atoms with van der Waals surface area (Å²) in [6.45, 7) is 1.63. The van der Waals surface area contributed by atoms with Gasteiger partial charge in [-0.3, -0.25) is 4.98 Å². The SMILES string of the molecule is CN1C(N)=N[C@](C)(c2cccc(Cc3cccc4c3OC(F)(F)O4)n2)CS1(=O)=O. The van der Waals surface area contributed by atoms with Crippen LogP contribution in [-0.4, -0.2) is 42.8 Å². The summed E-state index contributed by atoms with van der Waals surface area (Å²) in [5.74, 6) is -0.508. The minimum Gasteiger partial charge on any atom is -0.395 e. The fraction of sp³-hybridized carbons (Fsp3) is 0.333. The van der Waals surface area contributed by atoms with Gasteiger partial charge < -0.3 is 15.2 Å². The molecule has 0 saturated heterocycles. The van der Waals surface area contributed by atoms with E-state index in [4.69, 9.17) is 5.73 Å². The molecule has 2 N–H and O–H groups in total. The second-order valence-corrected chi connectivity index (χ2v) is 9.07. The summed E-state index contributed by atoms with van der Waals surface area (Å²) >= 11 is 0. The van der Waals surface area contributed by atoms with Gasteiger partial charge in [0.05, 0.1) is 5.69 Å². The van der Waals surface area contributed by atoms with Crippen molar-refractivity contribution in [2.75, 3.05) is 12.8 Å². The van der Waals surface area contributed by atoms with Gasteiger partial charge in [-0.05, 0) is 25.1 Å². The number of aromatic nitrogens is 1. The van der Waals surface area contributed by atoms with Gasteiger partial charge in [0.15, 0.2) is 11.5 Å². The maximum atomic E-state index is 13.4. The fourth-order valence-electron chi connectivity index (χ4n) is 3.32. The Balaban J connectivity index is 1.68. The average Bonchev–Trinajstić information content (AvgIpc) is 2.95. The molecule has 0 unspecified atom stereocenters. The van der Waals surface area contributed by atoms with Crippen LogP contribution in [0.15, 0.2) is 41.4 Å². The number of rotatable bonds is 3. The number of para-hydroxylation sites is 1. The molecule has 29 heavy (non-hydrogen) atoms. The molecular weight excluding hydrogens is 406 g/mol. The van der Waals surface area contributed by atoms with Crippen LogP contribution in [-0.2, 0) is 22.0 Å². The molecule has 2 aliphatic heterocycles. The van der Waals surface area contributed by atoms with Gasteiger partial charge in [0, 0.05) is 24.7 Å². The first kappa shape index (κ1) is 19.4. The molecule has 1 aromatic carbocycles. The van der Waals surface area contributed by atoms with Crippen molar-refractivity contribution in [2.24, 2.45) is 10.7 Å². The number of nitrogens with two attached hydrogens (primary N) is 1. The van der Waals surface area contributed by atoms with Crippen molar-refractivity contribution in [2.45, 2.75) is 25.2 Å². The predicted octanol–water partition coefficient (Wildman–Crippen LogP) is 1.80. The molecule has 0 bridgehead atoms. The van der Waals surface area contributed by atoms with E-state index < -0.39 is 21.9 Å². The van der Waals surface area contributed by atoms with Crippen LogP contribution in [0.1, 0.15) is 23.9 Å². The molecule has 1 atom stereocenters. The number of hydrogen-bond donors (Lipinski definition) is 1. The lowest BCUT2D eigenvalue weighted by Crippen LogP contribution is -2.50. The van der Waals surface area contributed by atoms with Crippen LogP contribution in [0.3, 0.4) is 0 Å². The van der Waals surface area contributed by atoms with E-state index in [1.807, 2.05) is 0 Å². The normalized spacial score (nSPS) is 24.3. The number of alkyl halides is 2. The molecule has 0 radical (unpaired) electrons. The fourth-order valence-corrected chi connectivity index (χ4v) is 4.76. The number of fused-ring (bicyclic) bond motifs is 1. The Hall–Kier alpha value is -2.95. The van der Waals surface area contributed by atoms with Crippen molar-refractivity contribution >= 4 is 16.0 Å². The molecule has 0 amide bonds. The monoisotopic (exact) mass is 424 g/mol. The lowest BCUT2D eigenvalue weighted by atomic mass is 9.99. The zero-order valence-corrected chi connectivity index (χ0v) is 16.4. The van der Waals surface area contributed by atoms with Gasteiger partial charge in [-0.1, -0.05) is 18.2 Å². The number of ether oxygens (including phenoxy) is 2. The summed E-state index contributed by atoms with van der Waals surface area (Å²) in [6.07, 6.45) is -3.53. The van der Waals surface area contributed by atoms with Gasteiger partial charge in [0.25, 0.3) is 0 Å². The van der Waals surface area contributed by atoms with E-state index in [2.05, 4.69) is 19.5 Å². The summed E-state index contributed by atoms with van der Waals surface area (Å²) in [4.78, 5) is 8.84. The Morgan fingerprint density at radius 3 is 2.66 bits per heavy atom. The summed E-state index contributed by atoms with van der Waals surface area (Å²) < 4.78 is 61.6. The van der Waals surface area contributed by atoms with Crippen LogP contribution < -0.4 is 15.2 Å². The van der Waals surface area contributed by atoms with Crippen molar-refractivity contribution in [3.05, 3.63) is 53.3 Å². The predicted molar refractivity (Wildman–Crippen MR) is 100 cm³/mol. The molecule has 2 aromatic rings. The molecule has 3 heterocycles. The van der Waals surface area contributed by atoms with Crippen LogP contribution >= 0.6 is 0 Å². The topological polar surface area (TPSA) is 107 Å². The highest BCUT2D eigenvalue weighted by Gasteiger charge is 2.44. The Kier molecular flexibility index (Phi) is 4.19. The molecule has 154 valence electrons. The highest BCUT2D eigenvalue weighted by Crippen LogP contribution is 2.43. The van der Waals surface area contributed by atoms with E-state index >= 15 is 0 Å². The maximum absolute atomic E-state index is 13.4. The summed E-state index contributed by atoms with van der Waals surface area (Å²) in [6, 6.07) is 9.68. The Labute approximate surface area is 166 Å². The van der Waals surface area contributed by atoms with Gasteiger partial charge >= 0.3 is 6.29 Å². The molecule has 8 nitrogen and oxygen atoms in total. The summed E-state index contributed by atoms with van der Waals surface area (Å²) in [5.41, 5.74) is 6.02. The first-order chi connectivity index (χ1) is 13.5. The lowest BCUT2D eigenvalue weighted by Gasteiger charge is -2.33. The second-order valence-electron chi connectivity index (χ2n) is 7.07. The average molecular weight is 424 g/mol. The van der Waals surface area contributed by atoms with Crippen molar-refractivity contribution in [1.82, 2.24) is 9.29 Å². The Morgan fingerprint density at radius 2 is 1.93 bits per heavy atom. The minimum absolute atomic E-state index is 0.0416. The number of hydrogen-bond acceptors (Lipinski definition) is 7. The standard InChI is InChI=1S/C18H18F2N4O4S/c1-17(10-29(25,26)24(2)16(21)23-17)14-8-4-6-12(22-14)9-11-5-3-7-13-15(11)28-18(19,20)27-13/h3-8H,9-10H2,1-2H3,(H2,21,23)/t17-/m0/s1. The van der Waals surface area contributed by atoms with Crippen LogP contribution in [0.5, 0.6) is 11.5 Å². The van der Waals surface area contributed by atoms with Gasteiger partial charge in [-0.2, -0.15) is 0 Å². The van der Waals surface area contributed by atoms with Gasteiger partial charge in [0.1, 0.15) is 11.3 Å². The molecule has 4 rings (SSSR count). The summed E-state index contributed by atoms with van der Waals surface area (Å²) in [7, 11) is -2.30. The second kappa shape index (κ2) is 6.28. The third kappa shape index (κ3) is 3.46. The van der Waals surface area contributed by atoms with Crippen LogP contribution in [0.4, 0.5) is 8.78 Å². The molecule has 2 aliphatic rings. The number of pyridine rings is 1. The van der Waals surface area contributed by atoms with E-state index in [1.165, 1.54) is 13.1 Å². The van der Waals surface area contributed by atoms with Crippen molar-refractivity contribution in [3.63, 3.8) is 0 Å². The smallest absolute Gasteiger partial charge is 0.395 e. The number of nitrogens with zero attached hydrogens (tertiary/aromatic N) is 3. The lowest BCUT2D eigenvalue weighted by molar-refractivity contribution is -0.286. The zero-order chi connectivity index (χ0) is 21.0. The quantitative estimate of drug-likeness (QED) is 0.805. The van der Waals surface area contributed by atoms with E-state index in [-0.39, 0.29) is 29.6 Å². The molecule has 1 aromatic heterocycles. The summed E-state index contributed by atoms with van der Waals surface area (Å²) in [5, 5.41) is 0. The molecule has 0 aliphatic carbocycles. The van der Waals surface area contributed by atoms with Crippen LogP contribution in [0.25, 0.3) is 0 Å². The van der Waals surface area contributed by atoms with Crippen molar-refractivity contribution < 1.29 is 26.7 Å². The highest BCUT2D eigenvalue weighted by molar-refractivity contribution is 7.89. The molecule has 0 saturated carbocycles. The van der Waals surface area contributed by atoms with Crippen molar-refractivity contribution in [3.8, 4) is 11.5 Å². The van der Waals surface area contributed by atoms with E-state index in [9.17, 15) is 17.2 Å².